The zero-order valence-electron chi connectivity index (χ0n) is 13.8. The normalized spacial score (nSPS) is 32.8. The maximum absolute atomic E-state index is 6.20. The summed E-state index contributed by atoms with van der Waals surface area (Å²) in [5.74, 6) is 2.72. The predicted molar refractivity (Wildman–Crippen MR) is 93.2 cm³/mol. The predicted octanol–water partition coefficient (Wildman–Crippen LogP) is 6.41. The van der Waals surface area contributed by atoms with Crippen LogP contribution in [0, 0.1) is 17.8 Å². The van der Waals surface area contributed by atoms with E-state index in [1.807, 2.05) is 12.1 Å². The molecule has 1 aliphatic heterocycles. The van der Waals surface area contributed by atoms with Gasteiger partial charge in [0.05, 0.1) is 12.7 Å². The molecule has 0 spiro atoms. The molecule has 122 valence electrons. The van der Waals surface area contributed by atoms with Gasteiger partial charge in [0.2, 0.25) is 0 Å². The Hall–Kier alpha value is -0.530. The van der Waals surface area contributed by atoms with Crippen molar-refractivity contribution in [2.45, 2.75) is 64.4 Å². The summed E-state index contributed by atoms with van der Waals surface area (Å²) in [7, 11) is 0. The summed E-state index contributed by atoms with van der Waals surface area (Å²) in [5.41, 5.74) is 1.29. The second kappa shape index (κ2) is 7.84. The molecule has 2 atom stereocenters. The van der Waals surface area contributed by atoms with Gasteiger partial charge in [0.25, 0.3) is 0 Å². The van der Waals surface area contributed by atoms with E-state index in [1.54, 1.807) is 0 Å². The van der Waals surface area contributed by atoms with Crippen molar-refractivity contribution in [2.24, 2.45) is 17.8 Å². The van der Waals surface area contributed by atoms with Gasteiger partial charge in [-0.15, -0.1) is 0 Å². The van der Waals surface area contributed by atoms with Crippen molar-refractivity contribution >= 4 is 11.6 Å². The second-order valence-corrected chi connectivity index (χ2v) is 7.72. The van der Waals surface area contributed by atoms with E-state index < -0.39 is 0 Å². The Kier molecular flexibility index (Phi) is 5.82. The molecule has 0 N–H and O–H groups in total. The van der Waals surface area contributed by atoms with E-state index in [4.69, 9.17) is 16.3 Å². The molecule has 1 aromatic carbocycles. The Morgan fingerprint density at radius 3 is 2.23 bits per heavy atom. The lowest BCUT2D eigenvalue weighted by molar-refractivity contribution is -0.0404. The Bertz CT molecular complexity index is 439. The average Bonchev–Trinajstić information content (AvgIpc) is 2.57. The van der Waals surface area contributed by atoms with Crippen LogP contribution < -0.4 is 0 Å². The van der Waals surface area contributed by atoms with E-state index in [-0.39, 0.29) is 6.10 Å². The molecule has 1 aliphatic carbocycles. The number of hydrogen-bond donors (Lipinski definition) is 0. The van der Waals surface area contributed by atoms with Crippen LogP contribution in [0.5, 0.6) is 0 Å². The monoisotopic (exact) mass is 320 g/mol. The summed E-state index contributed by atoms with van der Waals surface area (Å²) in [6.07, 6.45) is 11.3. The lowest BCUT2D eigenvalue weighted by Crippen LogP contribution is -2.29. The van der Waals surface area contributed by atoms with Crippen molar-refractivity contribution in [2.75, 3.05) is 6.61 Å². The van der Waals surface area contributed by atoms with Crippen LogP contribution >= 0.6 is 11.6 Å². The molecular formula is C20H29ClO. The standard InChI is InChI=1S/C20H29ClO/c1-2-3-15-4-6-16(7-5-15)18-10-13-20(22-14-18)17-8-11-19(21)12-9-17/h8-9,11-12,15-16,18,20H,2-7,10,13-14H2,1H3/t15?,16?,18-,20+/m0/s1. The quantitative estimate of drug-likeness (QED) is 0.622. The van der Waals surface area contributed by atoms with Crippen LogP contribution in [0.2, 0.25) is 5.02 Å². The molecule has 2 aliphatic rings. The maximum Gasteiger partial charge on any atom is 0.0825 e. The Morgan fingerprint density at radius 2 is 1.64 bits per heavy atom. The van der Waals surface area contributed by atoms with Crippen LogP contribution in [0.15, 0.2) is 24.3 Å². The molecule has 1 nitrogen and oxygen atoms in total. The van der Waals surface area contributed by atoms with Crippen molar-refractivity contribution in [3.63, 3.8) is 0 Å². The van der Waals surface area contributed by atoms with E-state index in [1.165, 1.54) is 56.9 Å². The smallest absolute Gasteiger partial charge is 0.0825 e. The molecule has 2 heteroatoms. The molecule has 0 aromatic heterocycles. The molecule has 0 unspecified atom stereocenters. The van der Waals surface area contributed by atoms with Gasteiger partial charge in [-0.05, 0) is 61.1 Å². The van der Waals surface area contributed by atoms with Gasteiger partial charge in [-0.2, -0.15) is 0 Å². The molecule has 1 heterocycles. The number of benzene rings is 1. The van der Waals surface area contributed by atoms with Gasteiger partial charge in [0, 0.05) is 5.02 Å². The third-order valence-electron chi connectivity index (χ3n) is 5.81. The van der Waals surface area contributed by atoms with Gasteiger partial charge < -0.3 is 4.74 Å². The van der Waals surface area contributed by atoms with Gasteiger partial charge in [-0.25, -0.2) is 0 Å². The van der Waals surface area contributed by atoms with Gasteiger partial charge in [-0.1, -0.05) is 56.3 Å². The number of hydrogen-bond acceptors (Lipinski definition) is 1. The van der Waals surface area contributed by atoms with Crippen molar-refractivity contribution in [1.82, 2.24) is 0 Å². The lowest BCUT2D eigenvalue weighted by Gasteiger charge is -2.38. The van der Waals surface area contributed by atoms with Crippen LogP contribution in [-0.4, -0.2) is 6.61 Å². The zero-order chi connectivity index (χ0) is 15.4. The SMILES string of the molecule is CCCC1CCC([C@H]2CC[C@H](c3ccc(Cl)cc3)OC2)CC1. The Balaban J connectivity index is 1.47. The van der Waals surface area contributed by atoms with Crippen molar-refractivity contribution in [3.05, 3.63) is 34.9 Å². The summed E-state index contributed by atoms with van der Waals surface area (Å²) in [6, 6.07) is 8.18. The maximum atomic E-state index is 6.20. The van der Waals surface area contributed by atoms with E-state index in [9.17, 15) is 0 Å². The van der Waals surface area contributed by atoms with Crippen molar-refractivity contribution in [3.8, 4) is 0 Å². The van der Waals surface area contributed by atoms with E-state index >= 15 is 0 Å². The summed E-state index contributed by atoms with van der Waals surface area (Å²) in [4.78, 5) is 0. The molecule has 1 aromatic rings. The summed E-state index contributed by atoms with van der Waals surface area (Å²) in [6.45, 7) is 3.27. The van der Waals surface area contributed by atoms with Gasteiger partial charge >= 0.3 is 0 Å². The fourth-order valence-electron chi connectivity index (χ4n) is 4.44. The third kappa shape index (κ3) is 4.06. The molecule has 22 heavy (non-hydrogen) atoms. The summed E-state index contributed by atoms with van der Waals surface area (Å²) in [5, 5.41) is 0.807. The topological polar surface area (TPSA) is 9.23 Å². The zero-order valence-corrected chi connectivity index (χ0v) is 14.5. The Morgan fingerprint density at radius 1 is 0.955 bits per heavy atom. The highest BCUT2D eigenvalue weighted by molar-refractivity contribution is 6.30. The molecule has 0 bridgehead atoms. The van der Waals surface area contributed by atoms with Crippen LogP contribution in [0.4, 0.5) is 0 Å². The highest BCUT2D eigenvalue weighted by Crippen LogP contribution is 2.41. The van der Waals surface area contributed by atoms with Crippen LogP contribution in [0.25, 0.3) is 0 Å². The molecule has 1 saturated carbocycles. The van der Waals surface area contributed by atoms with Crippen LogP contribution in [-0.2, 0) is 4.74 Å². The molecule has 0 radical (unpaired) electrons. The first-order chi connectivity index (χ1) is 10.8. The van der Waals surface area contributed by atoms with Crippen molar-refractivity contribution < 1.29 is 4.74 Å². The Labute approximate surface area is 140 Å². The fourth-order valence-corrected chi connectivity index (χ4v) is 4.57. The molecular weight excluding hydrogens is 292 g/mol. The van der Waals surface area contributed by atoms with Crippen LogP contribution in [0.1, 0.15) is 70.0 Å². The van der Waals surface area contributed by atoms with Crippen LogP contribution in [0.3, 0.4) is 0 Å². The lowest BCUT2D eigenvalue weighted by atomic mass is 9.73. The minimum absolute atomic E-state index is 0.282. The summed E-state index contributed by atoms with van der Waals surface area (Å²) >= 11 is 5.97. The first-order valence-electron chi connectivity index (χ1n) is 9.13. The molecule has 1 saturated heterocycles. The molecule has 3 rings (SSSR count). The highest BCUT2D eigenvalue weighted by Gasteiger charge is 2.31. The first kappa shape index (κ1) is 16.3. The molecule has 2 fully saturated rings. The van der Waals surface area contributed by atoms with Crippen molar-refractivity contribution in [1.29, 1.82) is 0 Å². The minimum atomic E-state index is 0.282. The number of halogens is 1. The fraction of sp³-hybridized carbons (Fsp3) is 0.700. The highest BCUT2D eigenvalue weighted by atomic mass is 35.5. The van der Waals surface area contributed by atoms with Gasteiger partial charge in [0.15, 0.2) is 0 Å². The molecule has 0 amide bonds. The van der Waals surface area contributed by atoms with E-state index in [0.717, 1.165) is 29.4 Å². The van der Waals surface area contributed by atoms with E-state index in [2.05, 4.69) is 19.1 Å². The minimum Gasteiger partial charge on any atom is -0.373 e. The largest absolute Gasteiger partial charge is 0.373 e. The summed E-state index contributed by atoms with van der Waals surface area (Å²) < 4.78 is 6.20. The average molecular weight is 321 g/mol. The first-order valence-corrected chi connectivity index (χ1v) is 9.51. The van der Waals surface area contributed by atoms with Gasteiger partial charge in [0.1, 0.15) is 0 Å². The second-order valence-electron chi connectivity index (χ2n) is 7.28. The van der Waals surface area contributed by atoms with E-state index in [0.29, 0.717) is 0 Å². The third-order valence-corrected chi connectivity index (χ3v) is 6.06. The number of ether oxygens (including phenoxy) is 1. The van der Waals surface area contributed by atoms with Gasteiger partial charge in [-0.3, -0.25) is 0 Å². The number of rotatable bonds is 4.